The Morgan fingerprint density at radius 2 is 1.52 bits per heavy atom. The number of hydrogen-bond acceptors (Lipinski definition) is 4. The molecule has 3 rings (SSSR count). The highest BCUT2D eigenvalue weighted by atomic mass is 32.2. The minimum absolute atomic E-state index is 0.0782. The van der Waals surface area contributed by atoms with Gasteiger partial charge in [0.05, 0.1) is 4.90 Å². The molecule has 0 unspecified atom stereocenters. The number of rotatable bonds is 6. The predicted molar refractivity (Wildman–Crippen MR) is 102 cm³/mol. The first kappa shape index (κ1) is 18.6. The van der Waals surface area contributed by atoms with Crippen LogP contribution in [0.4, 0.5) is 0 Å². The van der Waals surface area contributed by atoms with Crippen molar-refractivity contribution in [3.05, 3.63) is 90.0 Å². The molecule has 1 amide bonds. The average Bonchev–Trinajstić information content (AvgIpc) is 2.68. The highest BCUT2D eigenvalue weighted by molar-refractivity contribution is 7.89. The molecule has 0 spiro atoms. The normalized spacial score (nSPS) is 11.0. The number of carbonyl (C=O) groups is 1. The van der Waals surface area contributed by atoms with Crippen LogP contribution in [-0.2, 0) is 10.0 Å². The largest absolute Gasteiger partial charge is 0.457 e. The van der Waals surface area contributed by atoms with Gasteiger partial charge in [-0.2, -0.15) is 0 Å². The van der Waals surface area contributed by atoms with Gasteiger partial charge in [0.15, 0.2) is 0 Å². The Kier molecular flexibility index (Phi) is 5.54. The van der Waals surface area contributed by atoms with Crippen LogP contribution in [0.5, 0.6) is 11.5 Å². The lowest BCUT2D eigenvalue weighted by Crippen LogP contribution is -2.41. The van der Waals surface area contributed by atoms with Crippen molar-refractivity contribution in [2.75, 3.05) is 0 Å². The molecule has 0 saturated heterocycles. The molecule has 0 fully saturated rings. The first-order valence-electron chi connectivity index (χ1n) is 8.16. The van der Waals surface area contributed by atoms with Gasteiger partial charge in [-0.25, -0.2) is 8.42 Å². The minimum Gasteiger partial charge on any atom is -0.457 e. The number of ether oxygens (including phenoxy) is 1. The number of hydrogen-bond donors (Lipinski definition) is 2. The zero-order chi connectivity index (χ0) is 19.3. The van der Waals surface area contributed by atoms with Crippen molar-refractivity contribution in [3.8, 4) is 11.5 Å². The van der Waals surface area contributed by atoms with Gasteiger partial charge in [-0.1, -0.05) is 30.3 Å². The fourth-order valence-corrected chi connectivity index (χ4v) is 3.27. The number of aryl methyl sites for hydroxylation is 1. The van der Waals surface area contributed by atoms with E-state index in [1.165, 1.54) is 12.1 Å². The third-order valence-electron chi connectivity index (χ3n) is 3.69. The smallest absolute Gasteiger partial charge is 0.266 e. The molecule has 3 aromatic rings. The van der Waals surface area contributed by atoms with Gasteiger partial charge >= 0.3 is 0 Å². The Morgan fingerprint density at radius 3 is 2.19 bits per heavy atom. The van der Waals surface area contributed by atoms with Crippen LogP contribution in [0.2, 0.25) is 0 Å². The Bertz CT molecular complexity index is 1030. The van der Waals surface area contributed by atoms with E-state index < -0.39 is 15.9 Å². The molecular formula is C20H18N2O4S. The van der Waals surface area contributed by atoms with E-state index in [1.807, 2.05) is 30.3 Å². The van der Waals surface area contributed by atoms with Crippen LogP contribution in [-0.4, -0.2) is 14.3 Å². The van der Waals surface area contributed by atoms with Gasteiger partial charge in [0.25, 0.3) is 15.9 Å². The van der Waals surface area contributed by atoms with Crippen molar-refractivity contribution in [2.45, 2.75) is 11.8 Å². The summed E-state index contributed by atoms with van der Waals surface area (Å²) in [5.41, 5.74) is 3.31. The SMILES string of the molecule is Cc1cccc(S(=O)(=O)NNC(=O)c2ccc(Oc3ccccc3)cc2)c1. The summed E-state index contributed by atoms with van der Waals surface area (Å²) in [6.07, 6.45) is 0. The number of nitrogens with one attached hydrogen (secondary N) is 2. The Morgan fingerprint density at radius 1 is 0.852 bits per heavy atom. The van der Waals surface area contributed by atoms with Crippen LogP contribution >= 0.6 is 0 Å². The van der Waals surface area contributed by atoms with Gasteiger partial charge in [-0.3, -0.25) is 10.2 Å². The van der Waals surface area contributed by atoms with Crippen molar-refractivity contribution < 1.29 is 17.9 Å². The van der Waals surface area contributed by atoms with Gasteiger partial charge in [0, 0.05) is 5.56 Å². The Hall–Kier alpha value is -3.16. The number of benzene rings is 3. The number of para-hydroxylation sites is 1. The molecule has 0 aromatic heterocycles. The van der Waals surface area contributed by atoms with Crippen molar-refractivity contribution in [1.29, 1.82) is 0 Å². The Labute approximate surface area is 157 Å². The van der Waals surface area contributed by atoms with Crippen LogP contribution in [0.3, 0.4) is 0 Å². The number of hydrazine groups is 1. The van der Waals surface area contributed by atoms with Crippen LogP contribution in [0.1, 0.15) is 15.9 Å². The summed E-state index contributed by atoms with van der Waals surface area (Å²) in [6.45, 7) is 1.79. The molecule has 6 nitrogen and oxygen atoms in total. The molecule has 0 heterocycles. The molecule has 3 aromatic carbocycles. The fourth-order valence-electron chi connectivity index (χ4n) is 2.33. The average molecular weight is 382 g/mol. The van der Waals surface area contributed by atoms with Crippen LogP contribution < -0.4 is 15.0 Å². The van der Waals surface area contributed by atoms with E-state index in [9.17, 15) is 13.2 Å². The quantitative estimate of drug-likeness (QED) is 0.640. The van der Waals surface area contributed by atoms with Crippen molar-refractivity contribution in [1.82, 2.24) is 10.3 Å². The van der Waals surface area contributed by atoms with Gasteiger partial charge in [-0.05, 0) is 61.0 Å². The molecule has 0 aliphatic heterocycles. The lowest BCUT2D eigenvalue weighted by atomic mass is 10.2. The summed E-state index contributed by atoms with van der Waals surface area (Å²) < 4.78 is 30.1. The Balaban J connectivity index is 1.62. The molecule has 0 atom stereocenters. The third kappa shape index (κ3) is 4.93. The number of amides is 1. The second kappa shape index (κ2) is 8.03. The summed E-state index contributed by atoms with van der Waals surface area (Å²) >= 11 is 0. The molecule has 0 aliphatic rings. The summed E-state index contributed by atoms with van der Waals surface area (Å²) in [7, 11) is -3.84. The van der Waals surface area contributed by atoms with E-state index in [-0.39, 0.29) is 4.90 Å². The number of carbonyl (C=O) groups excluding carboxylic acids is 1. The molecule has 0 aliphatic carbocycles. The maximum Gasteiger partial charge on any atom is 0.266 e. The molecule has 27 heavy (non-hydrogen) atoms. The molecule has 0 radical (unpaired) electrons. The summed E-state index contributed by atoms with van der Waals surface area (Å²) in [4.78, 5) is 14.4. The zero-order valence-corrected chi connectivity index (χ0v) is 15.4. The second-order valence-corrected chi connectivity index (χ2v) is 7.50. The second-order valence-electron chi connectivity index (χ2n) is 5.82. The predicted octanol–water partition coefficient (Wildman–Crippen LogP) is 3.41. The summed E-state index contributed by atoms with van der Waals surface area (Å²) in [6, 6.07) is 22.0. The number of sulfonamides is 1. The molecule has 2 N–H and O–H groups in total. The molecule has 0 bridgehead atoms. The highest BCUT2D eigenvalue weighted by Gasteiger charge is 2.15. The van der Waals surface area contributed by atoms with Crippen LogP contribution in [0, 0.1) is 6.92 Å². The lowest BCUT2D eigenvalue weighted by molar-refractivity contribution is 0.0945. The molecule has 0 saturated carbocycles. The monoisotopic (exact) mass is 382 g/mol. The topological polar surface area (TPSA) is 84.5 Å². The van der Waals surface area contributed by atoms with E-state index in [2.05, 4.69) is 10.3 Å². The van der Waals surface area contributed by atoms with Gasteiger partial charge in [0.1, 0.15) is 11.5 Å². The molecule has 7 heteroatoms. The van der Waals surface area contributed by atoms with E-state index in [4.69, 9.17) is 4.74 Å². The molecular weight excluding hydrogens is 364 g/mol. The van der Waals surface area contributed by atoms with Gasteiger partial charge in [0.2, 0.25) is 0 Å². The lowest BCUT2D eigenvalue weighted by Gasteiger charge is -2.10. The van der Waals surface area contributed by atoms with E-state index >= 15 is 0 Å². The van der Waals surface area contributed by atoms with E-state index in [0.29, 0.717) is 17.1 Å². The highest BCUT2D eigenvalue weighted by Crippen LogP contribution is 2.21. The first-order valence-corrected chi connectivity index (χ1v) is 9.64. The zero-order valence-electron chi connectivity index (χ0n) is 14.5. The molecule has 138 valence electrons. The maximum absolute atomic E-state index is 12.2. The van der Waals surface area contributed by atoms with Gasteiger partial charge < -0.3 is 4.74 Å². The van der Waals surface area contributed by atoms with E-state index in [0.717, 1.165) is 5.56 Å². The van der Waals surface area contributed by atoms with Crippen molar-refractivity contribution in [3.63, 3.8) is 0 Å². The fraction of sp³-hybridized carbons (Fsp3) is 0.0500. The standard InChI is InChI=1S/C20H18N2O4S/c1-15-6-5-9-19(14-15)27(24,25)22-21-20(23)16-10-12-18(13-11-16)26-17-7-3-2-4-8-17/h2-14,22H,1H3,(H,21,23). The van der Waals surface area contributed by atoms with Crippen molar-refractivity contribution in [2.24, 2.45) is 0 Å². The summed E-state index contributed by atoms with van der Waals surface area (Å²) in [5.74, 6) is 0.677. The maximum atomic E-state index is 12.2. The van der Waals surface area contributed by atoms with Gasteiger partial charge in [-0.15, -0.1) is 4.83 Å². The minimum atomic E-state index is -3.84. The third-order valence-corrected chi connectivity index (χ3v) is 4.94. The van der Waals surface area contributed by atoms with Crippen molar-refractivity contribution >= 4 is 15.9 Å². The van der Waals surface area contributed by atoms with Crippen LogP contribution in [0.15, 0.2) is 83.8 Å². The first-order chi connectivity index (χ1) is 12.9. The van der Waals surface area contributed by atoms with E-state index in [1.54, 1.807) is 43.3 Å². The summed E-state index contributed by atoms with van der Waals surface area (Å²) in [5, 5.41) is 0. The van der Waals surface area contributed by atoms with Crippen LogP contribution in [0.25, 0.3) is 0 Å².